The molecule has 3 aromatic heterocycles. The van der Waals surface area contributed by atoms with Gasteiger partial charge in [0.15, 0.2) is 0 Å². The second kappa shape index (κ2) is 5.68. The summed E-state index contributed by atoms with van der Waals surface area (Å²) in [6, 6.07) is 3.96. The number of alkyl halides is 3. The van der Waals surface area contributed by atoms with Crippen molar-refractivity contribution in [2.45, 2.75) is 19.1 Å². The summed E-state index contributed by atoms with van der Waals surface area (Å²) in [6.07, 6.45) is -1.11. The van der Waals surface area contributed by atoms with E-state index in [1.165, 1.54) is 6.20 Å². The van der Waals surface area contributed by atoms with E-state index >= 15 is 0 Å². The Morgan fingerprint density at radius 3 is 2.85 bits per heavy atom. The molecule has 0 fully saturated rings. The molecule has 0 aliphatic rings. The molecule has 0 saturated heterocycles. The Bertz CT molecular complexity index is 1100. The zero-order valence-electron chi connectivity index (χ0n) is 13.8. The van der Waals surface area contributed by atoms with Gasteiger partial charge >= 0.3 is 6.18 Å². The Hall–Kier alpha value is -3.17. The smallest absolute Gasteiger partial charge is 0.345 e. The van der Waals surface area contributed by atoms with Crippen LogP contribution in [0.25, 0.3) is 33.2 Å². The van der Waals surface area contributed by atoms with Crippen LogP contribution in [-0.2, 0) is 7.05 Å². The van der Waals surface area contributed by atoms with Crippen LogP contribution >= 0.6 is 0 Å². The van der Waals surface area contributed by atoms with Crippen molar-refractivity contribution in [1.29, 1.82) is 0 Å². The number of H-pyrrole nitrogens is 1. The number of halogens is 3. The van der Waals surface area contributed by atoms with Crippen LogP contribution in [0, 0.1) is 0 Å². The maximum atomic E-state index is 12.7. The molecular formula is C16H14F3N7. The van der Waals surface area contributed by atoms with E-state index in [2.05, 4.69) is 30.6 Å². The molecule has 3 heterocycles. The minimum absolute atomic E-state index is 0.0815. The molecule has 1 atom stereocenters. The van der Waals surface area contributed by atoms with Gasteiger partial charge in [-0.05, 0) is 24.6 Å². The van der Waals surface area contributed by atoms with Gasteiger partial charge in [0.05, 0.1) is 5.52 Å². The highest BCUT2D eigenvalue weighted by Crippen LogP contribution is 2.30. The van der Waals surface area contributed by atoms with Crippen molar-refractivity contribution >= 4 is 28.0 Å². The molecule has 10 heteroatoms. The van der Waals surface area contributed by atoms with Crippen LogP contribution in [0.3, 0.4) is 0 Å². The molecule has 26 heavy (non-hydrogen) atoms. The number of nitrogens with one attached hydrogen (secondary N) is 2. The Balaban J connectivity index is 1.71. The third-order valence-corrected chi connectivity index (χ3v) is 4.19. The van der Waals surface area contributed by atoms with Crippen molar-refractivity contribution in [3.05, 3.63) is 30.6 Å². The lowest BCUT2D eigenvalue weighted by molar-refractivity contribution is -0.138. The summed E-state index contributed by atoms with van der Waals surface area (Å²) in [6.45, 7) is 1.02. The molecule has 0 amide bonds. The molecule has 0 bridgehead atoms. The number of aryl methyl sites for hydroxylation is 1. The lowest BCUT2D eigenvalue weighted by Gasteiger charge is -2.16. The highest BCUT2D eigenvalue weighted by Gasteiger charge is 2.36. The van der Waals surface area contributed by atoms with Crippen molar-refractivity contribution in [1.82, 2.24) is 29.9 Å². The second-order valence-electron chi connectivity index (χ2n) is 5.98. The molecule has 0 saturated carbocycles. The number of benzene rings is 1. The van der Waals surface area contributed by atoms with Crippen LogP contribution in [0.2, 0.25) is 0 Å². The average Bonchev–Trinajstić information content (AvgIpc) is 3.17. The molecule has 0 spiro atoms. The Morgan fingerprint density at radius 1 is 1.27 bits per heavy atom. The van der Waals surface area contributed by atoms with Gasteiger partial charge in [0.1, 0.15) is 17.2 Å². The number of aromatic amines is 1. The van der Waals surface area contributed by atoms with Gasteiger partial charge in [0, 0.05) is 30.4 Å². The number of hydrogen-bond donors (Lipinski definition) is 2. The lowest BCUT2D eigenvalue weighted by Crippen LogP contribution is -2.33. The van der Waals surface area contributed by atoms with Crippen LogP contribution in [0.5, 0.6) is 0 Å². The van der Waals surface area contributed by atoms with E-state index in [0.717, 1.165) is 29.1 Å². The first-order chi connectivity index (χ1) is 12.3. The molecule has 0 radical (unpaired) electrons. The number of hydrogen-bond acceptors (Lipinski definition) is 5. The highest BCUT2D eigenvalue weighted by atomic mass is 19.4. The number of fused-ring (bicyclic) bond motifs is 2. The topological polar surface area (TPSA) is 84.3 Å². The summed E-state index contributed by atoms with van der Waals surface area (Å²) in [5.74, 6) is -0.0815. The summed E-state index contributed by atoms with van der Waals surface area (Å²) >= 11 is 0. The van der Waals surface area contributed by atoms with E-state index in [9.17, 15) is 13.2 Å². The zero-order chi connectivity index (χ0) is 18.5. The Labute approximate surface area is 145 Å². The molecular weight excluding hydrogens is 347 g/mol. The van der Waals surface area contributed by atoms with Gasteiger partial charge in [-0.1, -0.05) is 11.3 Å². The predicted molar refractivity (Wildman–Crippen MR) is 90.5 cm³/mol. The van der Waals surface area contributed by atoms with Crippen molar-refractivity contribution in [3.63, 3.8) is 0 Å². The molecule has 2 N–H and O–H groups in total. The van der Waals surface area contributed by atoms with Gasteiger partial charge in [-0.2, -0.15) is 18.2 Å². The largest absolute Gasteiger partial charge is 0.408 e. The minimum atomic E-state index is -4.37. The zero-order valence-corrected chi connectivity index (χ0v) is 13.8. The third-order valence-electron chi connectivity index (χ3n) is 4.19. The summed E-state index contributed by atoms with van der Waals surface area (Å²) in [5, 5.41) is 11.0. The van der Waals surface area contributed by atoms with Gasteiger partial charge in [0.2, 0.25) is 5.95 Å². The predicted octanol–water partition coefficient (Wildman–Crippen LogP) is 3.27. The SMILES string of the molecule is C[C@@H](Nc1ncc2c(-c3ccc4nnn(C)c4c3)c[nH]c2n1)C(F)(F)F. The van der Waals surface area contributed by atoms with Crippen LogP contribution in [-0.4, -0.2) is 42.2 Å². The number of rotatable bonds is 3. The van der Waals surface area contributed by atoms with Crippen molar-refractivity contribution < 1.29 is 13.2 Å². The first-order valence-electron chi connectivity index (χ1n) is 7.80. The van der Waals surface area contributed by atoms with E-state index in [-0.39, 0.29) is 5.95 Å². The quantitative estimate of drug-likeness (QED) is 0.585. The second-order valence-corrected chi connectivity index (χ2v) is 5.98. The van der Waals surface area contributed by atoms with Crippen molar-refractivity contribution in [3.8, 4) is 11.1 Å². The standard InChI is InChI=1S/C16H14F3N7/c1-8(16(17,18)19)22-15-21-7-11-10(6-20-14(11)23-15)9-3-4-12-13(5-9)26(2)25-24-12/h3-8H,1-2H3,(H2,20,21,22,23)/t8-/m1/s1. The van der Waals surface area contributed by atoms with Crippen LogP contribution in [0.15, 0.2) is 30.6 Å². The molecule has 0 aliphatic carbocycles. The fraction of sp³-hybridized carbons (Fsp3) is 0.250. The third kappa shape index (κ3) is 2.72. The van der Waals surface area contributed by atoms with E-state index in [0.29, 0.717) is 11.0 Å². The van der Waals surface area contributed by atoms with Crippen molar-refractivity contribution in [2.75, 3.05) is 5.32 Å². The molecule has 7 nitrogen and oxygen atoms in total. The van der Waals surface area contributed by atoms with E-state index in [1.54, 1.807) is 17.9 Å². The summed E-state index contributed by atoms with van der Waals surface area (Å²) in [4.78, 5) is 11.1. The van der Waals surface area contributed by atoms with Gasteiger partial charge in [-0.15, -0.1) is 5.10 Å². The van der Waals surface area contributed by atoms with Gasteiger partial charge in [-0.3, -0.25) is 0 Å². The number of aromatic nitrogens is 6. The van der Waals surface area contributed by atoms with Gasteiger partial charge in [0.25, 0.3) is 0 Å². The van der Waals surface area contributed by atoms with E-state index in [4.69, 9.17) is 0 Å². The maximum Gasteiger partial charge on any atom is 0.408 e. The van der Waals surface area contributed by atoms with Crippen molar-refractivity contribution in [2.24, 2.45) is 7.05 Å². The first-order valence-corrected chi connectivity index (χ1v) is 7.80. The number of nitrogens with zero attached hydrogens (tertiary/aromatic N) is 5. The van der Waals surface area contributed by atoms with E-state index < -0.39 is 12.2 Å². The monoisotopic (exact) mass is 361 g/mol. The number of anilines is 1. The van der Waals surface area contributed by atoms with E-state index in [1.807, 2.05) is 18.2 Å². The molecule has 1 aromatic carbocycles. The van der Waals surface area contributed by atoms with Gasteiger partial charge < -0.3 is 10.3 Å². The Kier molecular flexibility index (Phi) is 3.56. The fourth-order valence-electron chi connectivity index (χ4n) is 2.69. The van der Waals surface area contributed by atoms with Crippen LogP contribution in [0.1, 0.15) is 6.92 Å². The molecule has 4 aromatic rings. The van der Waals surface area contributed by atoms with Gasteiger partial charge in [-0.25, -0.2) is 9.67 Å². The molecule has 0 unspecified atom stereocenters. The highest BCUT2D eigenvalue weighted by molar-refractivity contribution is 5.95. The molecule has 134 valence electrons. The lowest BCUT2D eigenvalue weighted by atomic mass is 10.1. The summed E-state index contributed by atoms with van der Waals surface area (Å²) in [7, 11) is 1.80. The van der Waals surface area contributed by atoms with Crippen LogP contribution < -0.4 is 5.32 Å². The summed E-state index contributed by atoms with van der Waals surface area (Å²) in [5.41, 5.74) is 3.85. The molecule has 0 aliphatic heterocycles. The van der Waals surface area contributed by atoms with Crippen LogP contribution in [0.4, 0.5) is 19.1 Å². The summed E-state index contributed by atoms with van der Waals surface area (Å²) < 4.78 is 39.7. The fourth-order valence-corrected chi connectivity index (χ4v) is 2.69. The first kappa shape index (κ1) is 16.3. The minimum Gasteiger partial charge on any atom is -0.345 e. The molecule has 4 rings (SSSR count). The Morgan fingerprint density at radius 2 is 2.08 bits per heavy atom. The average molecular weight is 361 g/mol. The normalized spacial score (nSPS) is 13.4. The maximum absolute atomic E-state index is 12.7.